The summed E-state index contributed by atoms with van der Waals surface area (Å²) in [4.78, 5) is 5.64. The molecule has 2 rings (SSSR count). The van der Waals surface area contributed by atoms with Crippen LogP contribution in [0.15, 0.2) is 22.7 Å². The van der Waals surface area contributed by atoms with Crippen LogP contribution in [-0.4, -0.2) is 10.1 Å². The third-order valence-corrected chi connectivity index (χ3v) is 4.30. The van der Waals surface area contributed by atoms with Crippen LogP contribution in [0.5, 0.6) is 5.75 Å². The lowest BCUT2D eigenvalue weighted by atomic mass is 10.2. The van der Waals surface area contributed by atoms with Gasteiger partial charge in [-0.1, -0.05) is 12.1 Å². The number of aliphatic hydroxyl groups is 1. The first-order valence-electron chi connectivity index (χ1n) is 5.55. The van der Waals surface area contributed by atoms with Crippen LogP contribution in [-0.2, 0) is 13.2 Å². The highest BCUT2D eigenvalue weighted by Gasteiger charge is 2.09. The highest BCUT2D eigenvalue weighted by molar-refractivity contribution is 9.10. The Hall–Kier alpha value is -0.910. The molecule has 0 atom stereocenters. The lowest BCUT2D eigenvalue weighted by Gasteiger charge is -2.10. The van der Waals surface area contributed by atoms with Gasteiger partial charge in [-0.15, -0.1) is 11.3 Å². The van der Waals surface area contributed by atoms with Crippen molar-refractivity contribution in [2.24, 2.45) is 0 Å². The van der Waals surface area contributed by atoms with E-state index in [0.717, 1.165) is 20.7 Å². The quantitative estimate of drug-likeness (QED) is 0.933. The van der Waals surface area contributed by atoms with Gasteiger partial charge in [-0.25, -0.2) is 4.98 Å². The molecule has 0 unspecified atom stereocenters. The fourth-order valence-corrected chi connectivity index (χ4v) is 2.94. The Labute approximate surface area is 119 Å². The predicted octanol–water partition coefficient (Wildman–Crippen LogP) is 3.59. The number of aromatic nitrogens is 1. The molecule has 0 saturated heterocycles. The number of hydrogen-bond acceptors (Lipinski definition) is 4. The molecule has 0 radical (unpaired) electrons. The van der Waals surface area contributed by atoms with Gasteiger partial charge in [0.05, 0.1) is 16.8 Å². The maximum Gasteiger partial charge on any atom is 0.140 e. The number of aliphatic hydroxyl groups excluding tert-OH is 1. The molecular formula is C13H14BrNO2S. The second-order valence-electron chi connectivity index (χ2n) is 3.92. The van der Waals surface area contributed by atoms with Crippen molar-refractivity contribution in [1.82, 2.24) is 4.98 Å². The highest BCUT2D eigenvalue weighted by atomic mass is 79.9. The molecular weight excluding hydrogens is 314 g/mol. The van der Waals surface area contributed by atoms with Crippen molar-refractivity contribution in [3.63, 3.8) is 0 Å². The predicted molar refractivity (Wildman–Crippen MR) is 76.0 cm³/mol. The second kappa shape index (κ2) is 5.82. The lowest BCUT2D eigenvalue weighted by molar-refractivity contribution is 0.258. The number of rotatable bonds is 4. The molecule has 0 aliphatic carbocycles. The van der Waals surface area contributed by atoms with Crippen molar-refractivity contribution in [3.05, 3.63) is 43.8 Å². The minimum absolute atomic E-state index is 0.0370. The largest absolute Gasteiger partial charge is 0.485 e. The third-order valence-electron chi connectivity index (χ3n) is 2.63. The van der Waals surface area contributed by atoms with Crippen molar-refractivity contribution in [3.8, 4) is 5.75 Å². The molecule has 96 valence electrons. The van der Waals surface area contributed by atoms with Gasteiger partial charge in [0.1, 0.15) is 17.4 Å². The molecule has 0 fully saturated rings. The lowest BCUT2D eigenvalue weighted by Crippen LogP contribution is -1.99. The smallest absolute Gasteiger partial charge is 0.140 e. The normalized spacial score (nSPS) is 10.7. The molecule has 5 heteroatoms. The third kappa shape index (κ3) is 2.91. The Morgan fingerprint density at radius 3 is 2.78 bits per heavy atom. The second-order valence-corrected chi connectivity index (χ2v) is 6.07. The Kier molecular flexibility index (Phi) is 4.37. The summed E-state index contributed by atoms with van der Waals surface area (Å²) in [6, 6.07) is 5.62. The summed E-state index contributed by atoms with van der Waals surface area (Å²) in [5, 5.41) is 10.2. The molecule has 1 N–H and O–H groups in total. The standard InChI is InChI=1S/C13H14BrNO2S/c1-8-9(2)18-12(15-8)7-17-13-10(6-16)4-3-5-11(13)14/h3-5,16H,6-7H2,1-2H3. The fourth-order valence-electron chi connectivity index (χ4n) is 1.57. The van der Waals surface area contributed by atoms with E-state index in [2.05, 4.69) is 20.9 Å². The average Bonchev–Trinajstić information content (AvgIpc) is 2.67. The van der Waals surface area contributed by atoms with Gasteiger partial charge in [0.15, 0.2) is 0 Å². The molecule has 1 aromatic heterocycles. The number of ether oxygens (including phenoxy) is 1. The Balaban J connectivity index is 2.15. The van der Waals surface area contributed by atoms with Gasteiger partial charge in [0.25, 0.3) is 0 Å². The molecule has 0 aliphatic heterocycles. The monoisotopic (exact) mass is 327 g/mol. The number of benzene rings is 1. The maximum atomic E-state index is 9.27. The van der Waals surface area contributed by atoms with E-state index in [1.54, 1.807) is 11.3 Å². The van der Waals surface area contributed by atoms with Crippen LogP contribution in [0.25, 0.3) is 0 Å². The Bertz CT molecular complexity index is 534. The van der Waals surface area contributed by atoms with Crippen LogP contribution in [0.2, 0.25) is 0 Å². The van der Waals surface area contributed by atoms with E-state index >= 15 is 0 Å². The minimum Gasteiger partial charge on any atom is -0.485 e. The molecule has 0 spiro atoms. The zero-order valence-electron chi connectivity index (χ0n) is 10.2. The van der Waals surface area contributed by atoms with E-state index in [1.807, 2.05) is 32.0 Å². The van der Waals surface area contributed by atoms with Gasteiger partial charge in [-0.05, 0) is 35.8 Å². The number of hydrogen-bond donors (Lipinski definition) is 1. The number of aryl methyl sites for hydroxylation is 2. The first-order chi connectivity index (χ1) is 8.61. The van der Waals surface area contributed by atoms with Crippen molar-refractivity contribution >= 4 is 27.3 Å². The van der Waals surface area contributed by atoms with Crippen LogP contribution >= 0.6 is 27.3 Å². The highest BCUT2D eigenvalue weighted by Crippen LogP contribution is 2.30. The Morgan fingerprint density at radius 1 is 1.39 bits per heavy atom. The summed E-state index contributed by atoms with van der Waals surface area (Å²) >= 11 is 5.07. The fraction of sp³-hybridized carbons (Fsp3) is 0.308. The minimum atomic E-state index is -0.0370. The van der Waals surface area contributed by atoms with E-state index in [-0.39, 0.29) is 6.61 Å². The Morgan fingerprint density at radius 2 is 2.17 bits per heavy atom. The number of thiazole rings is 1. The van der Waals surface area contributed by atoms with Crippen molar-refractivity contribution in [2.45, 2.75) is 27.1 Å². The van der Waals surface area contributed by atoms with Crippen molar-refractivity contribution < 1.29 is 9.84 Å². The van der Waals surface area contributed by atoms with E-state index in [0.29, 0.717) is 12.4 Å². The van der Waals surface area contributed by atoms with Gasteiger partial charge in [-0.2, -0.15) is 0 Å². The molecule has 0 bridgehead atoms. The van der Waals surface area contributed by atoms with Gasteiger partial charge in [-0.3, -0.25) is 0 Å². The average molecular weight is 328 g/mol. The van der Waals surface area contributed by atoms with Gasteiger partial charge >= 0.3 is 0 Å². The van der Waals surface area contributed by atoms with E-state index in [1.165, 1.54) is 4.88 Å². The molecule has 1 heterocycles. The number of para-hydroxylation sites is 1. The zero-order valence-corrected chi connectivity index (χ0v) is 12.6. The molecule has 3 nitrogen and oxygen atoms in total. The van der Waals surface area contributed by atoms with Crippen molar-refractivity contribution in [1.29, 1.82) is 0 Å². The molecule has 2 aromatic rings. The summed E-state index contributed by atoms with van der Waals surface area (Å²) in [5.74, 6) is 0.686. The van der Waals surface area contributed by atoms with Crippen LogP contribution < -0.4 is 4.74 Å². The van der Waals surface area contributed by atoms with E-state index < -0.39 is 0 Å². The van der Waals surface area contributed by atoms with Gasteiger partial charge in [0.2, 0.25) is 0 Å². The first-order valence-corrected chi connectivity index (χ1v) is 7.16. The summed E-state index contributed by atoms with van der Waals surface area (Å²) in [6.45, 7) is 4.43. The zero-order chi connectivity index (χ0) is 13.1. The molecule has 18 heavy (non-hydrogen) atoms. The molecule has 0 saturated carbocycles. The summed E-state index contributed by atoms with van der Waals surface area (Å²) in [6.07, 6.45) is 0. The molecule has 0 amide bonds. The van der Waals surface area contributed by atoms with Crippen LogP contribution in [0.1, 0.15) is 21.1 Å². The van der Waals surface area contributed by atoms with Crippen LogP contribution in [0.4, 0.5) is 0 Å². The van der Waals surface area contributed by atoms with Gasteiger partial charge in [0, 0.05) is 10.4 Å². The SMILES string of the molecule is Cc1nc(COc2c(Br)cccc2CO)sc1C. The van der Waals surface area contributed by atoms with Crippen molar-refractivity contribution in [2.75, 3.05) is 0 Å². The number of halogens is 1. The van der Waals surface area contributed by atoms with E-state index in [9.17, 15) is 5.11 Å². The summed E-state index contributed by atoms with van der Waals surface area (Å²) < 4.78 is 6.60. The topological polar surface area (TPSA) is 42.4 Å². The summed E-state index contributed by atoms with van der Waals surface area (Å²) in [5.41, 5.74) is 1.82. The first kappa shape index (κ1) is 13.5. The maximum absolute atomic E-state index is 9.27. The van der Waals surface area contributed by atoms with Gasteiger partial charge < -0.3 is 9.84 Å². The van der Waals surface area contributed by atoms with E-state index in [4.69, 9.17) is 4.74 Å². The summed E-state index contributed by atoms with van der Waals surface area (Å²) in [7, 11) is 0. The molecule has 1 aromatic carbocycles. The number of nitrogens with zero attached hydrogens (tertiary/aromatic N) is 1. The van der Waals surface area contributed by atoms with Crippen LogP contribution in [0, 0.1) is 13.8 Å². The molecule has 0 aliphatic rings. The van der Waals surface area contributed by atoms with Crippen LogP contribution in [0.3, 0.4) is 0 Å².